The van der Waals surface area contributed by atoms with Crippen LogP contribution in [0, 0.1) is 0 Å². The third-order valence-corrected chi connectivity index (χ3v) is 7.69. The molecule has 0 spiro atoms. The van der Waals surface area contributed by atoms with E-state index in [0.29, 0.717) is 10.6 Å². The van der Waals surface area contributed by atoms with E-state index in [-0.39, 0.29) is 37.0 Å². The molecule has 0 N–H and O–H groups in total. The quantitative estimate of drug-likeness (QED) is 0.515. The van der Waals surface area contributed by atoms with Gasteiger partial charge in [-0.2, -0.15) is 4.31 Å². The van der Waals surface area contributed by atoms with E-state index in [2.05, 4.69) is 0 Å². The van der Waals surface area contributed by atoms with E-state index in [0.717, 1.165) is 10.8 Å². The fraction of sp³-hybridized carbons (Fsp3) is 0.250. The number of benzene rings is 3. The Balaban J connectivity index is 1.63. The number of carbonyl (C=O) groups is 2. The van der Waals surface area contributed by atoms with Gasteiger partial charge in [0.15, 0.2) is 0 Å². The van der Waals surface area contributed by atoms with E-state index in [9.17, 15) is 18.0 Å². The minimum absolute atomic E-state index is 0.0649. The average Bonchev–Trinajstić information content (AvgIpc) is 2.83. The molecular formula is C24H23ClN2O5S. The SMILES string of the molecule is CCOC(=O)C1CN(S(=O)(=O)c2ccc3cc(Cl)ccc3c2)CCN1C(=O)c1ccccc1. The number of nitrogens with zero attached hydrogens (tertiary/aromatic N) is 2. The van der Waals surface area contributed by atoms with Crippen LogP contribution in [-0.2, 0) is 19.6 Å². The van der Waals surface area contributed by atoms with Gasteiger partial charge in [-0.3, -0.25) is 4.79 Å². The molecule has 0 saturated carbocycles. The lowest BCUT2D eigenvalue weighted by Gasteiger charge is -2.39. The average molecular weight is 487 g/mol. The molecule has 3 aromatic rings. The van der Waals surface area contributed by atoms with Crippen LogP contribution in [0.5, 0.6) is 0 Å². The minimum atomic E-state index is -3.90. The predicted octanol–water partition coefficient (Wildman–Crippen LogP) is 3.57. The molecule has 1 amide bonds. The van der Waals surface area contributed by atoms with Crippen molar-refractivity contribution < 1.29 is 22.7 Å². The lowest BCUT2D eigenvalue weighted by molar-refractivity contribution is -0.149. The molecule has 0 radical (unpaired) electrons. The molecule has 1 atom stereocenters. The largest absolute Gasteiger partial charge is 0.464 e. The highest BCUT2D eigenvalue weighted by molar-refractivity contribution is 7.89. The van der Waals surface area contributed by atoms with Crippen LogP contribution >= 0.6 is 11.6 Å². The van der Waals surface area contributed by atoms with Crippen molar-refractivity contribution in [1.82, 2.24) is 9.21 Å². The van der Waals surface area contributed by atoms with Gasteiger partial charge in [0, 0.05) is 30.2 Å². The number of carbonyl (C=O) groups excluding carboxylic acids is 2. The first kappa shape index (κ1) is 23.2. The number of rotatable bonds is 5. The van der Waals surface area contributed by atoms with Crippen molar-refractivity contribution >= 4 is 44.3 Å². The molecular weight excluding hydrogens is 464 g/mol. The van der Waals surface area contributed by atoms with Crippen LogP contribution in [0.25, 0.3) is 10.8 Å². The molecule has 1 fully saturated rings. The Morgan fingerprint density at radius 1 is 1.00 bits per heavy atom. The number of fused-ring (bicyclic) bond motifs is 1. The van der Waals surface area contributed by atoms with Crippen molar-refractivity contribution in [2.45, 2.75) is 17.9 Å². The number of hydrogen-bond acceptors (Lipinski definition) is 5. The molecule has 9 heteroatoms. The summed E-state index contributed by atoms with van der Waals surface area (Å²) in [5.41, 5.74) is 0.427. The number of sulfonamides is 1. The van der Waals surface area contributed by atoms with E-state index in [1.807, 2.05) is 0 Å². The zero-order valence-corrected chi connectivity index (χ0v) is 19.6. The normalized spacial score (nSPS) is 17.2. The standard InChI is InChI=1S/C24H23ClN2O5S/c1-2-32-24(29)22-16-26(12-13-27(22)23(28)17-6-4-3-5-7-17)33(30,31)21-11-9-18-14-20(25)10-8-19(18)15-21/h3-11,14-15,22H,2,12-13,16H2,1H3. The number of esters is 1. The topological polar surface area (TPSA) is 84.0 Å². The highest BCUT2D eigenvalue weighted by Gasteiger charge is 2.41. The Bertz CT molecular complexity index is 1300. The van der Waals surface area contributed by atoms with Gasteiger partial charge in [0.2, 0.25) is 10.0 Å². The van der Waals surface area contributed by atoms with Crippen molar-refractivity contribution in [2.24, 2.45) is 0 Å². The third kappa shape index (κ3) is 4.73. The molecule has 0 aromatic heterocycles. The maximum Gasteiger partial charge on any atom is 0.330 e. The van der Waals surface area contributed by atoms with Crippen LogP contribution in [0.1, 0.15) is 17.3 Å². The Kier molecular flexibility index (Phi) is 6.69. The van der Waals surface area contributed by atoms with Crippen LogP contribution < -0.4 is 0 Å². The number of halogens is 1. The number of ether oxygens (including phenoxy) is 1. The second-order valence-electron chi connectivity index (χ2n) is 7.65. The van der Waals surface area contributed by atoms with Crippen molar-refractivity contribution in [3.05, 3.63) is 77.3 Å². The van der Waals surface area contributed by atoms with Crippen LogP contribution in [0.15, 0.2) is 71.6 Å². The Labute approximate surface area is 197 Å². The Morgan fingerprint density at radius 3 is 2.42 bits per heavy atom. The second-order valence-corrected chi connectivity index (χ2v) is 10.0. The monoisotopic (exact) mass is 486 g/mol. The second kappa shape index (κ2) is 9.51. The van der Waals surface area contributed by atoms with Crippen molar-refractivity contribution in [2.75, 3.05) is 26.2 Å². The van der Waals surface area contributed by atoms with Crippen molar-refractivity contribution in [3.63, 3.8) is 0 Å². The Morgan fingerprint density at radius 2 is 1.70 bits per heavy atom. The van der Waals surface area contributed by atoms with Gasteiger partial charge in [0.05, 0.1) is 11.5 Å². The molecule has 1 heterocycles. The fourth-order valence-electron chi connectivity index (χ4n) is 3.91. The predicted molar refractivity (Wildman–Crippen MR) is 126 cm³/mol. The summed E-state index contributed by atoms with van der Waals surface area (Å²) in [4.78, 5) is 27.3. The van der Waals surface area contributed by atoms with Crippen LogP contribution in [0.4, 0.5) is 0 Å². The van der Waals surface area contributed by atoms with Crippen LogP contribution in [0.3, 0.4) is 0 Å². The molecule has 3 aromatic carbocycles. The van der Waals surface area contributed by atoms with E-state index in [4.69, 9.17) is 16.3 Å². The molecule has 33 heavy (non-hydrogen) atoms. The molecule has 1 aliphatic heterocycles. The minimum Gasteiger partial charge on any atom is -0.464 e. The van der Waals surface area contributed by atoms with Gasteiger partial charge in [0.1, 0.15) is 6.04 Å². The first-order chi connectivity index (χ1) is 15.8. The van der Waals surface area contributed by atoms with Gasteiger partial charge in [-0.1, -0.05) is 41.9 Å². The smallest absolute Gasteiger partial charge is 0.330 e. The summed E-state index contributed by atoms with van der Waals surface area (Å²) in [5.74, 6) is -0.969. The first-order valence-corrected chi connectivity index (χ1v) is 12.3. The Hall–Kier alpha value is -2.94. The summed E-state index contributed by atoms with van der Waals surface area (Å²) in [5, 5.41) is 2.12. The molecule has 0 bridgehead atoms. The van der Waals surface area contributed by atoms with E-state index in [1.165, 1.54) is 15.3 Å². The highest BCUT2D eigenvalue weighted by atomic mass is 35.5. The maximum absolute atomic E-state index is 13.4. The summed E-state index contributed by atoms with van der Waals surface area (Å²) in [7, 11) is -3.90. The number of hydrogen-bond donors (Lipinski definition) is 0. The van der Waals surface area contributed by atoms with E-state index >= 15 is 0 Å². The van der Waals surface area contributed by atoms with Gasteiger partial charge in [0.25, 0.3) is 5.91 Å². The van der Waals surface area contributed by atoms with Gasteiger partial charge >= 0.3 is 5.97 Å². The number of piperazine rings is 1. The zero-order chi connectivity index (χ0) is 23.6. The molecule has 7 nitrogen and oxygen atoms in total. The van der Waals surface area contributed by atoms with Gasteiger partial charge in [-0.05, 0) is 54.1 Å². The van der Waals surface area contributed by atoms with Crippen LogP contribution in [0.2, 0.25) is 5.02 Å². The summed E-state index contributed by atoms with van der Waals surface area (Å²) in [6.07, 6.45) is 0. The molecule has 1 unspecified atom stereocenters. The van der Waals surface area contributed by atoms with Crippen molar-refractivity contribution in [1.29, 1.82) is 0 Å². The molecule has 1 aliphatic rings. The molecule has 0 aliphatic carbocycles. The summed E-state index contributed by atoms with van der Waals surface area (Å²) >= 11 is 6.02. The van der Waals surface area contributed by atoms with Crippen LogP contribution in [-0.4, -0.2) is 61.8 Å². The lowest BCUT2D eigenvalue weighted by atomic mass is 10.1. The third-order valence-electron chi connectivity index (χ3n) is 5.59. The summed E-state index contributed by atoms with van der Waals surface area (Å²) < 4.78 is 33.2. The fourth-order valence-corrected chi connectivity index (χ4v) is 5.56. The summed E-state index contributed by atoms with van der Waals surface area (Å²) in [6.45, 7) is 1.75. The number of amides is 1. The van der Waals surface area contributed by atoms with Crippen molar-refractivity contribution in [3.8, 4) is 0 Å². The van der Waals surface area contributed by atoms with Gasteiger partial charge in [-0.15, -0.1) is 0 Å². The molecule has 1 saturated heterocycles. The summed E-state index contributed by atoms with van der Waals surface area (Å²) in [6, 6.07) is 17.6. The molecule has 4 rings (SSSR count). The zero-order valence-electron chi connectivity index (χ0n) is 18.0. The van der Waals surface area contributed by atoms with Gasteiger partial charge < -0.3 is 9.64 Å². The lowest BCUT2D eigenvalue weighted by Crippen LogP contribution is -2.59. The first-order valence-electron chi connectivity index (χ1n) is 10.5. The van der Waals surface area contributed by atoms with Gasteiger partial charge in [-0.25, -0.2) is 13.2 Å². The highest BCUT2D eigenvalue weighted by Crippen LogP contribution is 2.26. The van der Waals surface area contributed by atoms with E-state index in [1.54, 1.807) is 67.6 Å². The van der Waals surface area contributed by atoms with E-state index < -0.39 is 22.0 Å². The maximum atomic E-state index is 13.4. The molecule has 172 valence electrons.